The van der Waals surface area contributed by atoms with Crippen LogP contribution in [0.25, 0.3) is 23.3 Å². The number of halogens is 1. The van der Waals surface area contributed by atoms with E-state index in [1.807, 2.05) is 42.5 Å². The zero-order valence-corrected chi connectivity index (χ0v) is 12.8. The summed E-state index contributed by atoms with van der Waals surface area (Å²) in [5.74, 6) is -0.876. The van der Waals surface area contributed by atoms with Crippen molar-refractivity contribution in [3.8, 4) is 16.9 Å². The molecular formula is C21H17FO. The number of rotatable bonds is 3. The van der Waals surface area contributed by atoms with Crippen LogP contribution in [-0.4, -0.2) is 5.11 Å². The van der Waals surface area contributed by atoms with Crippen molar-refractivity contribution in [2.75, 3.05) is 0 Å². The summed E-state index contributed by atoms with van der Waals surface area (Å²) in [7, 11) is 0. The van der Waals surface area contributed by atoms with Gasteiger partial charge in [-0.15, -0.1) is 0 Å². The van der Waals surface area contributed by atoms with Crippen LogP contribution in [0.15, 0.2) is 66.7 Å². The summed E-state index contributed by atoms with van der Waals surface area (Å²) in [4.78, 5) is 0. The van der Waals surface area contributed by atoms with Gasteiger partial charge in [-0.3, -0.25) is 0 Å². The number of benzene rings is 3. The van der Waals surface area contributed by atoms with Crippen LogP contribution in [0.1, 0.15) is 16.7 Å². The molecule has 0 fully saturated rings. The molecule has 0 saturated carbocycles. The lowest BCUT2D eigenvalue weighted by molar-refractivity contribution is 0.428. The summed E-state index contributed by atoms with van der Waals surface area (Å²) in [5.41, 5.74) is 4.64. The van der Waals surface area contributed by atoms with E-state index in [0.29, 0.717) is 5.56 Å². The molecule has 3 rings (SSSR count). The highest BCUT2D eigenvalue weighted by Crippen LogP contribution is 2.24. The fourth-order valence-corrected chi connectivity index (χ4v) is 2.47. The van der Waals surface area contributed by atoms with Crippen LogP contribution in [0.2, 0.25) is 0 Å². The van der Waals surface area contributed by atoms with Gasteiger partial charge in [0, 0.05) is 0 Å². The normalized spacial score (nSPS) is 11.0. The second-order valence-electron chi connectivity index (χ2n) is 5.49. The third-order valence-corrected chi connectivity index (χ3v) is 3.76. The zero-order chi connectivity index (χ0) is 16.2. The van der Waals surface area contributed by atoms with E-state index in [9.17, 15) is 9.50 Å². The predicted molar refractivity (Wildman–Crippen MR) is 93.6 cm³/mol. The Morgan fingerprint density at radius 1 is 0.783 bits per heavy atom. The van der Waals surface area contributed by atoms with Crippen LogP contribution in [0.3, 0.4) is 0 Å². The Bertz CT molecular complexity index is 810. The standard InChI is InChI=1S/C21H17FO/c1-15-13-17(14-20(22)21(15)23)8-7-16-9-11-19(12-10-16)18-5-3-2-4-6-18/h2-14,23H,1H3/b8-7+. The van der Waals surface area contributed by atoms with Crippen LogP contribution >= 0.6 is 0 Å². The molecule has 1 nitrogen and oxygen atoms in total. The molecule has 0 aliphatic rings. The molecule has 0 radical (unpaired) electrons. The number of hydrogen-bond acceptors (Lipinski definition) is 1. The molecule has 0 bridgehead atoms. The van der Waals surface area contributed by atoms with Gasteiger partial charge in [-0.05, 0) is 46.9 Å². The van der Waals surface area contributed by atoms with Gasteiger partial charge in [-0.2, -0.15) is 0 Å². The molecule has 3 aromatic rings. The first kappa shape index (κ1) is 15.0. The number of phenols is 1. The van der Waals surface area contributed by atoms with Crippen molar-refractivity contribution in [1.29, 1.82) is 0 Å². The van der Waals surface area contributed by atoms with Crippen molar-refractivity contribution in [2.24, 2.45) is 0 Å². The average Bonchev–Trinajstić information content (AvgIpc) is 2.59. The van der Waals surface area contributed by atoms with Crippen molar-refractivity contribution in [1.82, 2.24) is 0 Å². The van der Waals surface area contributed by atoms with E-state index < -0.39 is 5.82 Å². The number of phenolic OH excluding ortho intramolecular Hbond substituents is 1. The van der Waals surface area contributed by atoms with Gasteiger partial charge >= 0.3 is 0 Å². The summed E-state index contributed by atoms with van der Waals surface area (Å²) < 4.78 is 13.5. The molecule has 0 amide bonds. The highest BCUT2D eigenvalue weighted by Gasteiger charge is 2.04. The molecule has 0 aliphatic carbocycles. The van der Waals surface area contributed by atoms with Crippen molar-refractivity contribution in [3.05, 3.63) is 89.2 Å². The highest BCUT2D eigenvalue weighted by atomic mass is 19.1. The van der Waals surface area contributed by atoms with Gasteiger partial charge in [0.1, 0.15) is 0 Å². The minimum Gasteiger partial charge on any atom is -0.505 e. The van der Waals surface area contributed by atoms with Crippen LogP contribution in [0.4, 0.5) is 4.39 Å². The van der Waals surface area contributed by atoms with Crippen molar-refractivity contribution in [2.45, 2.75) is 6.92 Å². The minimum atomic E-state index is -0.593. The summed E-state index contributed by atoms with van der Waals surface area (Å²) in [6.07, 6.45) is 3.77. The lowest BCUT2D eigenvalue weighted by atomic mass is 10.0. The Morgan fingerprint density at radius 3 is 2.04 bits per heavy atom. The van der Waals surface area contributed by atoms with E-state index >= 15 is 0 Å². The molecule has 23 heavy (non-hydrogen) atoms. The quantitative estimate of drug-likeness (QED) is 0.617. The maximum absolute atomic E-state index is 13.5. The average molecular weight is 304 g/mol. The third kappa shape index (κ3) is 3.49. The van der Waals surface area contributed by atoms with Crippen LogP contribution < -0.4 is 0 Å². The molecule has 0 spiro atoms. The van der Waals surface area contributed by atoms with Gasteiger partial charge in [-0.1, -0.05) is 66.7 Å². The van der Waals surface area contributed by atoms with Crippen molar-refractivity contribution >= 4 is 12.2 Å². The maximum Gasteiger partial charge on any atom is 0.165 e. The minimum absolute atomic E-state index is 0.283. The SMILES string of the molecule is Cc1cc(/C=C/c2ccc(-c3ccccc3)cc2)cc(F)c1O. The zero-order valence-electron chi connectivity index (χ0n) is 12.8. The molecule has 0 saturated heterocycles. The Balaban J connectivity index is 1.81. The van der Waals surface area contributed by atoms with Crippen molar-refractivity contribution in [3.63, 3.8) is 0 Å². The molecule has 0 unspecified atom stereocenters. The second-order valence-corrected chi connectivity index (χ2v) is 5.49. The predicted octanol–water partition coefficient (Wildman–Crippen LogP) is 5.68. The number of hydrogen-bond donors (Lipinski definition) is 1. The molecule has 1 N–H and O–H groups in total. The summed E-state index contributed by atoms with van der Waals surface area (Å²) in [6.45, 7) is 1.68. The molecule has 0 atom stereocenters. The van der Waals surface area contributed by atoms with Gasteiger partial charge in [0.2, 0.25) is 0 Å². The number of aromatic hydroxyl groups is 1. The van der Waals surface area contributed by atoms with E-state index in [2.05, 4.69) is 24.3 Å². The van der Waals surface area contributed by atoms with Gasteiger partial charge in [0.05, 0.1) is 0 Å². The van der Waals surface area contributed by atoms with Gasteiger partial charge in [-0.25, -0.2) is 4.39 Å². The van der Waals surface area contributed by atoms with E-state index in [-0.39, 0.29) is 5.75 Å². The lowest BCUT2D eigenvalue weighted by Crippen LogP contribution is -1.84. The fraction of sp³-hybridized carbons (Fsp3) is 0.0476. The molecule has 114 valence electrons. The molecule has 0 heterocycles. The van der Waals surface area contributed by atoms with Crippen LogP contribution in [0, 0.1) is 12.7 Å². The monoisotopic (exact) mass is 304 g/mol. The Morgan fingerprint density at radius 2 is 1.39 bits per heavy atom. The van der Waals surface area contributed by atoms with Gasteiger partial charge in [0.15, 0.2) is 11.6 Å². The van der Waals surface area contributed by atoms with E-state index in [1.165, 1.54) is 11.6 Å². The Hall–Kier alpha value is -2.87. The fourth-order valence-electron chi connectivity index (χ4n) is 2.47. The topological polar surface area (TPSA) is 20.2 Å². The smallest absolute Gasteiger partial charge is 0.165 e. The number of aryl methyl sites for hydroxylation is 1. The molecule has 2 heteroatoms. The van der Waals surface area contributed by atoms with E-state index in [0.717, 1.165) is 16.7 Å². The largest absolute Gasteiger partial charge is 0.505 e. The second kappa shape index (κ2) is 6.49. The van der Waals surface area contributed by atoms with Crippen molar-refractivity contribution < 1.29 is 9.50 Å². The molecule has 3 aromatic carbocycles. The summed E-state index contributed by atoms with van der Waals surface area (Å²) in [6, 6.07) is 21.5. The molecular weight excluding hydrogens is 287 g/mol. The highest BCUT2D eigenvalue weighted by molar-refractivity contribution is 5.72. The van der Waals surface area contributed by atoms with Crippen LogP contribution in [0.5, 0.6) is 5.75 Å². The Kier molecular flexibility index (Phi) is 4.24. The van der Waals surface area contributed by atoms with Crippen LogP contribution in [-0.2, 0) is 0 Å². The maximum atomic E-state index is 13.5. The summed E-state index contributed by atoms with van der Waals surface area (Å²) >= 11 is 0. The van der Waals surface area contributed by atoms with Gasteiger partial charge < -0.3 is 5.11 Å². The first-order chi connectivity index (χ1) is 11.1. The third-order valence-electron chi connectivity index (χ3n) is 3.76. The summed E-state index contributed by atoms with van der Waals surface area (Å²) in [5, 5.41) is 9.46. The van der Waals surface area contributed by atoms with Gasteiger partial charge in [0.25, 0.3) is 0 Å². The van der Waals surface area contributed by atoms with E-state index in [4.69, 9.17) is 0 Å². The lowest BCUT2D eigenvalue weighted by Gasteiger charge is -2.03. The first-order valence-corrected chi connectivity index (χ1v) is 7.46. The first-order valence-electron chi connectivity index (χ1n) is 7.46. The molecule has 0 aromatic heterocycles. The van der Waals surface area contributed by atoms with E-state index in [1.54, 1.807) is 13.0 Å². The Labute approximate surface area is 135 Å². The molecule has 0 aliphatic heterocycles.